The Bertz CT molecular complexity index is 837. The van der Waals surface area contributed by atoms with Gasteiger partial charge in [-0.05, 0) is 56.2 Å². The van der Waals surface area contributed by atoms with Gasteiger partial charge in [-0.2, -0.15) is 0 Å². The minimum atomic E-state index is -0.866. The molecule has 1 aromatic carbocycles. The van der Waals surface area contributed by atoms with Crippen LogP contribution in [0.15, 0.2) is 23.1 Å². The summed E-state index contributed by atoms with van der Waals surface area (Å²) >= 11 is 7.44. The average molecular weight is 464 g/mol. The standard InChI is InChI=1S/C23H30ClN3O3S/c24-17-9-10-18-19(13-17)31-21(22(29)26-11-5-2-6-12-26)23(30)27(18)15-20(28)25-14-16-7-3-1-4-8-16/h9-10,13,16,21H,1-8,11-12,14-15H2,(H,25,28). The monoisotopic (exact) mass is 463 g/mol. The second kappa shape index (κ2) is 10.3. The molecule has 2 aliphatic heterocycles. The van der Waals surface area contributed by atoms with Crippen LogP contribution in [0.5, 0.6) is 0 Å². The molecular formula is C23H30ClN3O3S. The molecule has 0 spiro atoms. The number of halogens is 1. The van der Waals surface area contributed by atoms with Crippen LogP contribution in [0, 0.1) is 5.92 Å². The number of carbonyl (C=O) groups excluding carboxylic acids is 3. The van der Waals surface area contributed by atoms with Crippen molar-refractivity contribution in [1.29, 1.82) is 0 Å². The zero-order valence-corrected chi connectivity index (χ0v) is 19.3. The predicted octanol–water partition coefficient (Wildman–Crippen LogP) is 3.86. The van der Waals surface area contributed by atoms with Crippen molar-refractivity contribution in [2.75, 3.05) is 31.1 Å². The van der Waals surface area contributed by atoms with E-state index in [9.17, 15) is 14.4 Å². The Morgan fingerprint density at radius 2 is 1.77 bits per heavy atom. The minimum absolute atomic E-state index is 0.0788. The summed E-state index contributed by atoms with van der Waals surface area (Å²) < 4.78 is 0. The van der Waals surface area contributed by atoms with Crippen molar-refractivity contribution < 1.29 is 14.4 Å². The number of nitrogens with zero attached hydrogens (tertiary/aromatic N) is 2. The third-order valence-electron chi connectivity index (χ3n) is 6.45. The lowest BCUT2D eigenvalue weighted by Crippen LogP contribution is -2.53. The maximum Gasteiger partial charge on any atom is 0.250 e. The van der Waals surface area contributed by atoms with Gasteiger partial charge >= 0.3 is 0 Å². The van der Waals surface area contributed by atoms with Gasteiger partial charge in [-0.25, -0.2) is 0 Å². The number of amides is 3. The van der Waals surface area contributed by atoms with Crippen molar-refractivity contribution in [3.63, 3.8) is 0 Å². The van der Waals surface area contributed by atoms with Gasteiger partial charge in [-0.1, -0.05) is 30.9 Å². The largest absolute Gasteiger partial charge is 0.354 e. The molecule has 3 amide bonds. The maximum absolute atomic E-state index is 13.3. The third-order valence-corrected chi connectivity index (χ3v) is 7.91. The summed E-state index contributed by atoms with van der Waals surface area (Å²) in [6, 6.07) is 5.25. The second-order valence-electron chi connectivity index (χ2n) is 8.73. The first-order valence-corrected chi connectivity index (χ1v) is 12.6. The summed E-state index contributed by atoms with van der Waals surface area (Å²) in [5, 5.41) is 2.69. The number of anilines is 1. The molecule has 2 heterocycles. The maximum atomic E-state index is 13.3. The molecule has 0 aromatic heterocycles. The normalized spacial score (nSPS) is 22.2. The quantitative estimate of drug-likeness (QED) is 0.673. The number of fused-ring (bicyclic) bond motifs is 1. The molecule has 1 aromatic rings. The van der Waals surface area contributed by atoms with Crippen LogP contribution < -0.4 is 10.2 Å². The molecule has 1 atom stereocenters. The Balaban J connectivity index is 1.48. The van der Waals surface area contributed by atoms with Gasteiger partial charge in [-0.3, -0.25) is 14.4 Å². The Hall–Kier alpha value is -1.73. The lowest BCUT2D eigenvalue weighted by Gasteiger charge is -2.36. The Morgan fingerprint density at radius 1 is 1.06 bits per heavy atom. The van der Waals surface area contributed by atoms with Crippen LogP contribution in [0.2, 0.25) is 5.02 Å². The van der Waals surface area contributed by atoms with Gasteiger partial charge in [-0.15, -0.1) is 11.8 Å². The second-order valence-corrected chi connectivity index (χ2v) is 10.3. The summed E-state index contributed by atoms with van der Waals surface area (Å²) in [7, 11) is 0. The van der Waals surface area contributed by atoms with E-state index in [0.29, 0.717) is 36.3 Å². The molecule has 8 heteroatoms. The molecule has 2 fully saturated rings. The lowest BCUT2D eigenvalue weighted by atomic mass is 9.89. The van der Waals surface area contributed by atoms with Gasteiger partial charge < -0.3 is 15.1 Å². The average Bonchev–Trinajstić information content (AvgIpc) is 2.80. The topological polar surface area (TPSA) is 69.7 Å². The van der Waals surface area contributed by atoms with Crippen molar-refractivity contribution in [3.05, 3.63) is 23.2 Å². The number of piperidine rings is 1. The number of thioether (sulfide) groups is 1. The molecule has 3 aliphatic rings. The fourth-order valence-electron chi connectivity index (χ4n) is 4.69. The van der Waals surface area contributed by atoms with E-state index in [1.54, 1.807) is 23.1 Å². The molecule has 4 rings (SSSR count). The summed E-state index contributed by atoms with van der Waals surface area (Å²) in [5.74, 6) is -0.142. The molecule has 1 saturated heterocycles. The van der Waals surface area contributed by atoms with Crippen molar-refractivity contribution in [3.8, 4) is 0 Å². The van der Waals surface area contributed by atoms with E-state index in [-0.39, 0.29) is 24.3 Å². The van der Waals surface area contributed by atoms with Crippen LogP contribution in [0.25, 0.3) is 0 Å². The molecule has 168 valence electrons. The van der Waals surface area contributed by atoms with Crippen molar-refractivity contribution >= 4 is 46.8 Å². The smallest absolute Gasteiger partial charge is 0.250 e. The van der Waals surface area contributed by atoms with Crippen LogP contribution in [0.1, 0.15) is 51.4 Å². The molecule has 0 bridgehead atoms. The first-order chi connectivity index (χ1) is 15.0. The van der Waals surface area contributed by atoms with Gasteiger partial charge in [0.25, 0.3) is 5.91 Å². The lowest BCUT2D eigenvalue weighted by molar-refractivity contribution is -0.135. The molecule has 1 unspecified atom stereocenters. The van der Waals surface area contributed by atoms with E-state index in [0.717, 1.165) is 37.0 Å². The Kier molecular flexibility index (Phi) is 7.43. The zero-order chi connectivity index (χ0) is 21.8. The van der Waals surface area contributed by atoms with Gasteiger partial charge in [0.05, 0.1) is 5.69 Å². The third kappa shape index (κ3) is 5.37. The number of likely N-dealkylation sites (tertiary alicyclic amines) is 1. The van der Waals surface area contributed by atoms with Crippen molar-refractivity contribution in [1.82, 2.24) is 10.2 Å². The molecule has 6 nitrogen and oxygen atoms in total. The summed E-state index contributed by atoms with van der Waals surface area (Å²) in [6.45, 7) is 1.95. The first kappa shape index (κ1) is 22.5. The summed E-state index contributed by atoms with van der Waals surface area (Å²) in [5.41, 5.74) is 0.648. The van der Waals surface area contributed by atoms with E-state index in [1.165, 1.54) is 35.9 Å². The highest BCUT2D eigenvalue weighted by Crippen LogP contribution is 2.41. The Labute approximate surface area is 193 Å². The van der Waals surface area contributed by atoms with Crippen LogP contribution in [0.4, 0.5) is 5.69 Å². The number of hydrogen-bond acceptors (Lipinski definition) is 4. The van der Waals surface area contributed by atoms with Crippen LogP contribution in [0.3, 0.4) is 0 Å². The fraction of sp³-hybridized carbons (Fsp3) is 0.609. The number of benzene rings is 1. The number of nitrogens with one attached hydrogen (secondary N) is 1. The molecule has 0 radical (unpaired) electrons. The number of rotatable bonds is 5. The summed E-state index contributed by atoms with van der Waals surface area (Å²) in [4.78, 5) is 43.2. The van der Waals surface area contributed by atoms with Gasteiger partial charge in [0, 0.05) is 29.6 Å². The number of carbonyl (C=O) groups is 3. The van der Waals surface area contributed by atoms with Gasteiger partial charge in [0.15, 0.2) is 5.25 Å². The van der Waals surface area contributed by atoms with E-state index in [1.807, 2.05) is 0 Å². The number of hydrogen-bond donors (Lipinski definition) is 1. The van der Waals surface area contributed by atoms with Gasteiger partial charge in [0.1, 0.15) is 6.54 Å². The fourth-order valence-corrected chi connectivity index (χ4v) is 6.15. The van der Waals surface area contributed by atoms with Crippen molar-refractivity contribution in [2.24, 2.45) is 5.92 Å². The molecule has 1 N–H and O–H groups in total. The molecule has 1 saturated carbocycles. The Morgan fingerprint density at radius 3 is 2.52 bits per heavy atom. The van der Waals surface area contributed by atoms with E-state index in [4.69, 9.17) is 11.6 Å². The molecule has 1 aliphatic carbocycles. The highest BCUT2D eigenvalue weighted by Gasteiger charge is 2.41. The highest BCUT2D eigenvalue weighted by atomic mass is 35.5. The van der Waals surface area contributed by atoms with E-state index in [2.05, 4.69) is 5.32 Å². The van der Waals surface area contributed by atoms with Gasteiger partial charge in [0.2, 0.25) is 11.8 Å². The van der Waals surface area contributed by atoms with E-state index < -0.39 is 5.25 Å². The molecule has 31 heavy (non-hydrogen) atoms. The van der Waals surface area contributed by atoms with E-state index >= 15 is 0 Å². The predicted molar refractivity (Wildman–Crippen MR) is 123 cm³/mol. The first-order valence-electron chi connectivity index (χ1n) is 11.4. The van der Waals surface area contributed by atoms with Crippen molar-refractivity contribution in [2.45, 2.75) is 61.5 Å². The zero-order valence-electron chi connectivity index (χ0n) is 17.8. The minimum Gasteiger partial charge on any atom is -0.354 e. The van der Waals surface area contributed by atoms with Crippen LogP contribution in [-0.4, -0.2) is 54.1 Å². The summed E-state index contributed by atoms with van der Waals surface area (Å²) in [6.07, 6.45) is 9.05. The highest BCUT2D eigenvalue weighted by molar-refractivity contribution is 8.01. The van der Waals surface area contributed by atoms with Crippen LogP contribution >= 0.6 is 23.4 Å². The van der Waals surface area contributed by atoms with Crippen LogP contribution in [-0.2, 0) is 14.4 Å². The SMILES string of the molecule is O=C(CN1C(=O)C(C(=O)N2CCCCC2)Sc2cc(Cl)ccc21)NCC1CCCCC1. The molecular weight excluding hydrogens is 434 g/mol.